The van der Waals surface area contributed by atoms with Crippen molar-refractivity contribution in [3.63, 3.8) is 0 Å². The van der Waals surface area contributed by atoms with E-state index in [0.29, 0.717) is 31.7 Å². The minimum atomic E-state index is -0.447. The molecule has 0 aromatic carbocycles. The third-order valence-electron chi connectivity index (χ3n) is 1.91. The molecule has 1 amide bonds. The lowest BCUT2D eigenvalue weighted by Crippen LogP contribution is -2.27. The lowest BCUT2D eigenvalue weighted by molar-refractivity contribution is -0.154. The summed E-state index contributed by atoms with van der Waals surface area (Å²) in [7, 11) is 0. The van der Waals surface area contributed by atoms with Crippen molar-refractivity contribution in [3.05, 3.63) is 0 Å². The standard InChI is InChI=1S/C13H25NO3/c1-10(2)9-14-11(15)7-6-8-12(16)17-13(3,4)5/h10H,6-9H2,1-5H3,(H,14,15). The molecule has 0 aromatic heterocycles. The van der Waals surface area contributed by atoms with Crippen molar-refractivity contribution in [2.75, 3.05) is 6.54 Å². The summed E-state index contributed by atoms with van der Waals surface area (Å²) in [4.78, 5) is 22.7. The predicted molar refractivity (Wildman–Crippen MR) is 67.5 cm³/mol. The van der Waals surface area contributed by atoms with E-state index in [1.807, 2.05) is 34.6 Å². The van der Waals surface area contributed by atoms with Crippen molar-refractivity contribution in [2.24, 2.45) is 5.92 Å². The molecule has 0 saturated heterocycles. The smallest absolute Gasteiger partial charge is 0.306 e. The molecule has 0 aliphatic rings. The second-order valence-electron chi connectivity index (χ2n) is 5.64. The van der Waals surface area contributed by atoms with Gasteiger partial charge >= 0.3 is 5.97 Å². The Morgan fingerprint density at radius 2 is 1.76 bits per heavy atom. The van der Waals surface area contributed by atoms with E-state index in [1.54, 1.807) is 0 Å². The molecule has 0 saturated carbocycles. The number of ether oxygens (including phenoxy) is 1. The van der Waals surface area contributed by atoms with Crippen LogP contribution < -0.4 is 5.32 Å². The molecule has 0 rings (SSSR count). The van der Waals surface area contributed by atoms with Gasteiger partial charge in [-0.3, -0.25) is 9.59 Å². The van der Waals surface area contributed by atoms with E-state index in [0.717, 1.165) is 0 Å². The van der Waals surface area contributed by atoms with E-state index in [-0.39, 0.29) is 11.9 Å². The fraction of sp³-hybridized carbons (Fsp3) is 0.846. The molecule has 4 nitrogen and oxygen atoms in total. The highest BCUT2D eigenvalue weighted by Gasteiger charge is 2.16. The Balaban J connectivity index is 3.63. The molecule has 0 unspecified atom stereocenters. The van der Waals surface area contributed by atoms with Crippen LogP contribution in [0.3, 0.4) is 0 Å². The third kappa shape index (κ3) is 11.2. The molecule has 0 atom stereocenters. The Bertz CT molecular complexity index is 254. The molecule has 4 heteroatoms. The van der Waals surface area contributed by atoms with E-state index in [4.69, 9.17) is 4.74 Å². The summed E-state index contributed by atoms with van der Waals surface area (Å²) < 4.78 is 5.15. The van der Waals surface area contributed by atoms with Crippen molar-refractivity contribution in [1.29, 1.82) is 0 Å². The summed E-state index contributed by atoms with van der Waals surface area (Å²) in [6.45, 7) is 10.3. The van der Waals surface area contributed by atoms with Gasteiger partial charge in [0.1, 0.15) is 5.60 Å². The van der Waals surface area contributed by atoms with E-state index in [2.05, 4.69) is 5.32 Å². The number of carbonyl (C=O) groups excluding carboxylic acids is 2. The van der Waals surface area contributed by atoms with Crippen LogP contribution in [-0.4, -0.2) is 24.0 Å². The molecular weight excluding hydrogens is 218 g/mol. The Labute approximate surface area is 104 Å². The van der Waals surface area contributed by atoms with Crippen LogP contribution in [0.5, 0.6) is 0 Å². The largest absolute Gasteiger partial charge is 0.460 e. The van der Waals surface area contributed by atoms with Crippen molar-refractivity contribution in [2.45, 2.75) is 59.5 Å². The summed E-state index contributed by atoms with van der Waals surface area (Å²) >= 11 is 0. The maximum absolute atomic E-state index is 11.4. The lowest BCUT2D eigenvalue weighted by Gasteiger charge is -2.19. The van der Waals surface area contributed by atoms with Crippen LogP contribution in [0.2, 0.25) is 0 Å². The molecule has 0 bridgehead atoms. The van der Waals surface area contributed by atoms with Crippen molar-refractivity contribution < 1.29 is 14.3 Å². The minimum absolute atomic E-state index is 0.00209. The van der Waals surface area contributed by atoms with Crippen molar-refractivity contribution in [3.8, 4) is 0 Å². The van der Waals surface area contributed by atoms with Gasteiger partial charge < -0.3 is 10.1 Å². The average Bonchev–Trinajstić information content (AvgIpc) is 2.11. The lowest BCUT2D eigenvalue weighted by atomic mass is 10.2. The van der Waals surface area contributed by atoms with Crippen molar-refractivity contribution in [1.82, 2.24) is 5.32 Å². The second-order valence-corrected chi connectivity index (χ2v) is 5.64. The summed E-state index contributed by atoms with van der Waals surface area (Å²) in [5, 5.41) is 2.81. The van der Waals surface area contributed by atoms with Gasteiger partial charge in [0.25, 0.3) is 0 Å². The highest BCUT2D eigenvalue weighted by Crippen LogP contribution is 2.09. The van der Waals surface area contributed by atoms with Gasteiger partial charge in [-0.15, -0.1) is 0 Å². The Morgan fingerprint density at radius 3 is 2.24 bits per heavy atom. The third-order valence-corrected chi connectivity index (χ3v) is 1.91. The number of esters is 1. The first-order chi connectivity index (χ1) is 7.70. The number of carbonyl (C=O) groups is 2. The van der Waals surface area contributed by atoms with Gasteiger partial charge in [-0.25, -0.2) is 0 Å². The molecule has 0 radical (unpaired) electrons. The highest BCUT2D eigenvalue weighted by molar-refractivity contribution is 5.77. The molecule has 0 aliphatic carbocycles. The van der Waals surface area contributed by atoms with Crippen LogP contribution in [0, 0.1) is 5.92 Å². The van der Waals surface area contributed by atoms with Gasteiger partial charge in [-0.2, -0.15) is 0 Å². The first kappa shape index (κ1) is 15.9. The van der Waals surface area contributed by atoms with Gasteiger partial charge in [-0.1, -0.05) is 13.8 Å². The van der Waals surface area contributed by atoms with E-state index < -0.39 is 5.60 Å². The molecule has 0 aliphatic heterocycles. The van der Waals surface area contributed by atoms with Crippen LogP contribution in [0.1, 0.15) is 53.9 Å². The average molecular weight is 243 g/mol. The fourth-order valence-electron chi connectivity index (χ4n) is 1.19. The van der Waals surface area contributed by atoms with Gasteiger partial charge in [-0.05, 0) is 33.1 Å². The number of nitrogens with one attached hydrogen (secondary N) is 1. The summed E-state index contributed by atoms with van der Waals surface area (Å²) in [6, 6.07) is 0. The molecular formula is C13H25NO3. The molecule has 0 heterocycles. The fourth-order valence-corrected chi connectivity index (χ4v) is 1.19. The van der Waals surface area contributed by atoms with Crippen molar-refractivity contribution >= 4 is 11.9 Å². The van der Waals surface area contributed by atoms with E-state index >= 15 is 0 Å². The van der Waals surface area contributed by atoms with Gasteiger partial charge in [0.15, 0.2) is 0 Å². The normalized spacial score (nSPS) is 11.4. The number of hydrogen-bond donors (Lipinski definition) is 1. The van der Waals surface area contributed by atoms with Crippen LogP contribution in [0.15, 0.2) is 0 Å². The molecule has 0 spiro atoms. The SMILES string of the molecule is CC(C)CNC(=O)CCCC(=O)OC(C)(C)C. The molecule has 17 heavy (non-hydrogen) atoms. The number of hydrogen-bond acceptors (Lipinski definition) is 3. The maximum Gasteiger partial charge on any atom is 0.306 e. The monoisotopic (exact) mass is 243 g/mol. The predicted octanol–water partition coefficient (Wildman–Crippen LogP) is 2.27. The molecule has 0 fully saturated rings. The minimum Gasteiger partial charge on any atom is -0.460 e. The topological polar surface area (TPSA) is 55.4 Å². The molecule has 0 aromatic rings. The maximum atomic E-state index is 11.4. The zero-order chi connectivity index (χ0) is 13.5. The van der Waals surface area contributed by atoms with E-state index in [9.17, 15) is 9.59 Å². The first-order valence-electron chi connectivity index (χ1n) is 6.19. The number of amides is 1. The van der Waals surface area contributed by atoms with Crippen LogP contribution in [-0.2, 0) is 14.3 Å². The molecule has 1 N–H and O–H groups in total. The van der Waals surface area contributed by atoms with Gasteiger partial charge in [0.2, 0.25) is 5.91 Å². The Kier molecular flexibility index (Phi) is 6.85. The summed E-state index contributed by atoms with van der Waals surface area (Å²) in [5.74, 6) is 0.209. The Morgan fingerprint density at radius 1 is 1.18 bits per heavy atom. The zero-order valence-electron chi connectivity index (χ0n) is 11.6. The quantitative estimate of drug-likeness (QED) is 0.728. The zero-order valence-corrected chi connectivity index (χ0v) is 11.6. The summed E-state index contributed by atoms with van der Waals surface area (Å²) in [5.41, 5.74) is -0.447. The van der Waals surface area contributed by atoms with Gasteiger partial charge in [0.05, 0.1) is 0 Å². The first-order valence-corrected chi connectivity index (χ1v) is 6.19. The van der Waals surface area contributed by atoms with Crippen LogP contribution in [0.4, 0.5) is 0 Å². The second kappa shape index (κ2) is 7.30. The van der Waals surface area contributed by atoms with Gasteiger partial charge in [0, 0.05) is 19.4 Å². The summed E-state index contributed by atoms with van der Waals surface area (Å²) in [6.07, 6.45) is 1.22. The molecule has 100 valence electrons. The highest BCUT2D eigenvalue weighted by atomic mass is 16.6. The van der Waals surface area contributed by atoms with Crippen LogP contribution >= 0.6 is 0 Å². The van der Waals surface area contributed by atoms with Crippen LogP contribution in [0.25, 0.3) is 0 Å². The van der Waals surface area contributed by atoms with E-state index in [1.165, 1.54) is 0 Å². The Hall–Kier alpha value is -1.06. The number of rotatable bonds is 6.